The number of hydrogen-bond donors (Lipinski definition) is 2. The molecular weight excluding hydrogens is 406 g/mol. The van der Waals surface area contributed by atoms with E-state index >= 15 is 0 Å². The number of H-pyrrole nitrogens is 1. The lowest BCUT2D eigenvalue weighted by atomic mass is 10.1. The molecule has 0 saturated heterocycles. The molecule has 0 saturated carbocycles. The zero-order chi connectivity index (χ0) is 21.8. The summed E-state index contributed by atoms with van der Waals surface area (Å²) in [6.45, 7) is 1.70. The second kappa shape index (κ2) is 8.87. The van der Waals surface area contributed by atoms with Gasteiger partial charge >= 0.3 is 0 Å². The van der Waals surface area contributed by atoms with Crippen molar-refractivity contribution in [1.29, 1.82) is 0 Å². The largest absolute Gasteiger partial charge is 0.497 e. The van der Waals surface area contributed by atoms with Gasteiger partial charge in [-0.2, -0.15) is 0 Å². The maximum atomic E-state index is 12.6. The summed E-state index contributed by atoms with van der Waals surface area (Å²) in [5, 5.41) is 2.88. The van der Waals surface area contributed by atoms with Crippen molar-refractivity contribution in [1.82, 2.24) is 19.9 Å². The van der Waals surface area contributed by atoms with Crippen molar-refractivity contribution in [2.75, 3.05) is 26.5 Å². The van der Waals surface area contributed by atoms with Crippen LogP contribution in [0, 0.1) is 6.92 Å². The minimum absolute atomic E-state index is 0.0319. The first-order valence-electron chi connectivity index (χ1n) is 9.00. The summed E-state index contributed by atoms with van der Waals surface area (Å²) in [6, 6.07) is 8.45. The zero-order valence-electron chi connectivity index (χ0n) is 17.0. The molecule has 9 nitrogen and oxygen atoms in total. The smallest absolute Gasteiger partial charge is 0.276 e. The third-order valence-corrected chi connectivity index (χ3v) is 5.23. The molecule has 2 amide bonds. The number of rotatable bonds is 6. The van der Waals surface area contributed by atoms with E-state index in [-0.39, 0.29) is 16.7 Å². The topological polar surface area (TPSA) is 117 Å². The first-order chi connectivity index (χ1) is 14.3. The number of amides is 2. The van der Waals surface area contributed by atoms with E-state index in [4.69, 9.17) is 4.74 Å². The molecular formula is C20H21N5O4S. The van der Waals surface area contributed by atoms with Crippen molar-refractivity contribution in [3.63, 3.8) is 0 Å². The molecule has 0 aliphatic rings. The SMILES string of the molecule is COc1ccc(Cc2nc(C(=O)Nc3nc(C)c(C(=O)N(C)C)s3)cc(=O)[nH]2)cc1. The first-order valence-corrected chi connectivity index (χ1v) is 9.82. The highest BCUT2D eigenvalue weighted by atomic mass is 32.1. The van der Waals surface area contributed by atoms with Gasteiger partial charge in [0.1, 0.15) is 22.1 Å². The fraction of sp³-hybridized carbons (Fsp3) is 0.250. The van der Waals surface area contributed by atoms with Crippen LogP contribution in [0.2, 0.25) is 0 Å². The Labute approximate surface area is 176 Å². The minimum Gasteiger partial charge on any atom is -0.497 e. The Bertz CT molecular complexity index is 1130. The number of ether oxygens (including phenoxy) is 1. The summed E-state index contributed by atoms with van der Waals surface area (Å²) in [5.41, 5.74) is 0.958. The van der Waals surface area contributed by atoms with Crippen molar-refractivity contribution >= 4 is 28.3 Å². The average molecular weight is 427 g/mol. The Hall–Kier alpha value is -3.53. The number of carbonyl (C=O) groups excluding carboxylic acids is 2. The van der Waals surface area contributed by atoms with E-state index in [2.05, 4.69) is 20.3 Å². The van der Waals surface area contributed by atoms with Crippen molar-refractivity contribution in [3.8, 4) is 5.75 Å². The van der Waals surface area contributed by atoms with Gasteiger partial charge in [0.2, 0.25) is 0 Å². The fourth-order valence-electron chi connectivity index (χ4n) is 2.66. The van der Waals surface area contributed by atoms with Crippen LogP contribution in [-0.4, -0.2) is 52.9 Å². The van der Waals surface area contributed by atoms with Gasteiger partial charge in [-0.05, 0) is 24.6 Å². The number of anilines is 1. The second-order valence-electron chi connectivity index (χ2n) is 6.69. The Balaban J connectivity index is 1.78. The predicted octanol–water partition coefficient (Wildman–Crippen LogP) is 2.09. The molecule has 30 heavy (non-hydrogen) atoms. The van der Waals surface area contributed by atoms with Gasteiger partial charge in [0.15, 0.2) is 5.13 Å². The monoisotopic (exact) mass is 427 g/mol. The number of benzene rings is 1. The van der Waals surface area contributed by atoms with Gasteiger partial charge in [-0.1, -0.05) is 23.5 Å². The highest BCUT2D eigenvalue weighted by molar-refractivity contribution is 7.17. The van der Waals surface area contributed by atoms with E-state index in [9.17, 15) is 14.4 Å². The van der Waals surface area contributed by atoms with Gasteiger partial charge in [-0.25, -0.2) is 9.97 Å². The van der Waals surface area contributed by atoms with Crippen LogP contribution in [0.15, 0.2) is 35.1 Å². The van der Waals surface area contributed by atoms with Crippen LogP contribution < -0.4 is 15.6 Å². The van der Waals surface area contributed by atoms with E-state index in [0.29, 0.717) is 22.8 Å². The van der Waals surface area contributed by atoms with Crippen molar-refractivity contribution in [2.24, 2.45) is 0 Å². The molecule has 10 heteroatoms. The zero-order valence-corrected chi connectivity index (χ0v) is 17.8. The summed E-state index contributed by atoms with van der Waals surface area (Å²) < 4.78 is 5.13. The molecule has 2 heterocycles. The number of carbonyl (C=O) groups is 2. The number of aromatic amines is 1. The molecule has 3 aromatic rings. The molecule has 2 aromatic heterocycles. The average Bonchev–Trinajstić information content (AvgIpc) is 3.07. The van der Waals surface area contributed by atoms with Crippen molar-refractivity contribution in [3.05, 3.63) is 68.3 Å². The van der Waals surface area contributed by atoms with Gasteiger partial charge in [0.05, 0.1) is 12.8 Å². The molecule has 1 aromatic carbocycles. The number of nitrogens with zero attached hydrogens (tertiary/aromatic N) is 3. The van der Waals surface area contributed by atoms with E-state index in [1.54, 1.807) is 40.3 Å². The highest BCUT2D eigenvalue weighted by Gasteiger charge is 2.19. The standard InChI is InChI=1S/C20H21N5O4S/c1-11-17(19(28)25(2)3)30-20(21-11)24-18(27)14-10-16(26)23-15(22-14)9-12-5-7-13(29-4)8-6-12/h5-8,10H,9H2,1-4H3,(H,21,24,27)(H,22,23,26). The third-order valence-electron chi connectivity index (χ3n) is 4.17. The third kappa shape index (κ3) is 4.90. The minimum atomic E-state index is -0.574. The van der Waals surface area contributed by atoms with Crippen LogP contribution in [0.5, 0.6) is 5.75 Å². The van der Waals surface area contributed by atoms with Gasteiger partial charge in [0.25, 0.3) is 17.4 Å². The summed E-state index contributed by atoms with van der Waals surface area (Å²) in [7, 11) is 4.87. The number of aryl methyl sites for hydroxylation is 1. The maximum Gasteiger partial charge on any atom is 0.276 e. The number of nitrogens with one attached hydrogen (secondary N) is 2. The number of hydrogen-bond acceptors (Lipinski definition) is 7. The van der Waals surface area contributed by atoms with E-state index in [1.807, 2.05) is 12.1 Å². The quantitative estimate of drug-likeness (QED) is 0.622. The molecule has 156 valence electrons. The second-order valence-corrected chi connectivity index (χ2v) is 7.69. The van der Waals surface area contributed by atoms with Gasteiger partial charge < -0.3 is 14.6 Å². The number of aromatic nitrogens is 3. The lowest BCUT2D eigenvalue weighted by Gasteiger charge is -2.07. The molecule has 0 atom stereocenters. The Morgan fingerprint density at radius 3 is 2.53 bits per heavy atom. The van der Waals surface area contributed by atoms with Crippen molar-refractivity contribution < 1.29 is 14.3 Å². The fourth-order valence-corrected chi connectivity index (χ4v) is 3.64. The summed E-state index contributed by atoms with van der Waals surface area (Å²) in [6.07, 6.45) is 0.345. The molecule has 2 N–H and O–H groups in total. The van der Waals surface area contributed by atoms with Crippen LogP contribution in [0.25, 0.3) is 0 Å². The molecule has 0 unspecified atom stereocenters. The normalized spacial score (nSPS) is 10.5. The van der Waals surface area contributed by atoms with Crippen LogP contribution in [0.1, 0.15) is 37.2 Å². The van der Waals surface area contributed by atoms with Gasteiger partial charge in [-0.3, -0.25) is 19.7 Å². The van der Waals surface area contributed by atoms with Crippen LogP contribution >= 0.6 is 11.3 Å². The molecule has 0 spiro atoms. The van der Waals surface area contributed by atoms with E-state index in [1.165, 1.54) is 4.90 Å². The van der Waals surface area contributed by atoms with Crippen LogP contribution in [0.3, 0.4) is 0 Å². The van der Waals surface area contributed by atoms with Crippen molar-refractivity contribution in [2.45, 2.75) is 13.3 Å². The molecule has 0 radical (unpaired) electrons. The van der Waals surface area contributed by atoms with Crippen LogP contribution in [0.4, 0.5) is 5.13 Å². The summed E-state index contributed by atoms with van der Waals surface area (Å²) >= 11 is 1.07. The Kier molecular flexibility index (Phi) is 6.26. The first kappa shape index (κ1) is 21.2. The van der Waals surface area contributed by atoms with Crippen LogP contribution in [-0.2, 0) is 6.42 Å². The molecule has 0 bridgehead atoms. The van der Waals surface area contributed by atoms with Gasteiger partial charge in [0, 0.05) is 26.6 Å². The molecule has 0 aliphatic heterocycles. The molecule has 3 rings (SSSR count). The van der Waals surface area contributed by atoms with Gasteiger partial charge in [-0.15, -0.1) is 0 Å². The number of thiazole rings is 1. The van der Waals surface area contributed by atoms with E-state index in [0.717, 1.165) is 28.7 Å². The predicted molar refractivity (Wildman–Crippen MR) is 113 cm³/mol. The highest BCUT2D eigenvalue weighted by Crippen LogP contribution is 2.24. The summed E-state index contributed by atoms with van der Waals surface area (Å²) in [4.78, 5) is 49.8. The summed E-state index contributed by atoms with van der Waals surface area (Å²) in [5.74, 6) is 0.312. The Morgan fingerprint density at radius 1 is 1.20 bits per heavy atom. The maximum absolute atomic E-state index is 12.6. The lowest BCUT2D eigenvalue weighted by molar-refractivity contribution is 0.0831. The number of methoxy groups -OCH3 is 1. The lowest BCUT2D eigenvalue weighted by Crippen LogP contribution is -2.21. The molecule has 0 fully saturated rings. The van der Waals surface area contributed by atoms with E-state index < -0.39 is 11.5 Å². The Morgan fingerprint density at radius 2 is 1.90 bits per heavy atom. The molecule has 0 aliphatic carbocycles.